The van der Waals surface area contributed by atoms with E-state index in [9.17, 15) is 14.4 Å². The number of rotatable bonds is 7. The van der Waals surface area contributed by atoms with Gasteiger partial charge in [0, 0.05) is 12.5 Å². The first kappa shape index (κ1) is 20.9. The van der Waals surface area contributed by atoms with Crippen LogP contribution in [0.15, 0.2) is 94.8 Å². The molecule has 0 bridgehead atoms. The van der Waals surface area contributed by atoms with Crippen LogP contribution in [0.1, 0.15) is 28.9 Å². The highest BCUT2D eigenvalue weighted by molar-refractivity contribution is 6.46. The zero-order valence-electron chi connectivity index (χ0n) is 17.3. The van der Waals surface area contributed by atoms with E-state index in [0.29, 0.717) is 22.3 Å². The smallest absolute Gasteiger partial charge is 0.271 e. The molecule has 0 radical (unpaired) electrons. The summed E-state index contributed by atoms with van der Waals surface area (Å²) >= 11 is 0. The summed E-state index contributed by atoms with van der Waals surface area (Å²) in [7, 11) is 0. The van der Waals surface area contributed by atoms with E-state index in [1.807, 2.05) is 18.2 Å². The number of H-pyrrole nitrogens is 1. The van der Waals surface area contributed by atoms with E-state index in [2.05, 4.69) is 20.5 Å². The quantitative estimate of drug-likeness (QED) is 0.266. The summed E-state index contributed by atoms with van der Waals surface area (Å²) < 4.78 is 0. The van der Waals surface area contributed by atoms with Gasteiger partial charge in [-0.15, -0.1) is 0 Å². The molecule has 3 aromatic carbocycles. The van der Waals surface area contributed by atoms with Gasteiger partial charge in [-0.3, -0.25) is 19.8 Å². The van der Waals surface area contributed by atoms with E-state index in [0.717, 1.165) is 0 Å². The van der Waals surface area contributed by atoms with Gasteiger partial charge in [0.1, 0.15) is 17.3 Å². The summed E-state index contributed by atoms with van der Waals surface area (Å²) in [5.41, 5.74) is 4.11. The lowest BCUT2D eigenvalue weighted by atomic mass is 9.88. The lowest BCUT2D eigenvalue weighted by molar-refractivity contribution is -0.111. The minimum atomic E-state index is -1.28. The highest BCUT2D eigenvalue weighted by Gasteiger charge is 2.34. The third-order valence-corrected chi connectivity index (χ3v) is 4.93. The Balaban J connectivity index is 1.89. The van der Waals surface area contributed by atoms with Crippen LogP contribution in [0.5, 0.6) is 0 Å². The molecule has 32 heavy (non-hydrogen) atoms. The molecule has 7 nitrogen and oxygen atoms in total. The largest absolute Gasteiger partial charge is 0.319 e. The maximum absolute atomic E-state index is 13.5. The molecule has 1 atom stereocenters. The maximum atomic E-state index is 13.5. The summed E-state index contributed by atoms with van der Waals surface area (Å²) in [5, 5.41) is 4.24. The van der Waals surface area contributed by atoms with Crippen molar-refractivity contribution in [1.29, 1.82) is 0 Å². The first-order chi connectivity index (χ1) is 15.5. The number of aromatic nitrogens is 2. The predicted octanol–water partition coefficient (Wildman–Crippen LogP) is 3.95. The standard InChI is InChI=1S/C25H20N4O3/c1-16(30)22(29-28-18-12-6-3-7-13-18)21(24(31)17-10-4-2-5-11-17)23-25(32)27-20-15-9-8-14-19(20)26-23/h2-15,21,28H,1H3,(H,27,32). The Kier molecular flexibility index (Phi) is 5.98. The lowest BCUT2D eigenvalue weighted by Gasteiger charge is -2.16. The van der Waals surface area contributed by atoms with Gasteiger partial charge in [0.25, 0.3) is 5.56 Å². The second-order valence-electron chi connectivity index (χ2n) is 7.16. The van der Waals surface area contributed by atoms with Crippen molar-refractivity contribution in [2.24, 2.45) is 5.10 Å². The molecule has 1 unspecified atom stereocenters. The van der Waals surface area contributed by atoms with Crippen LogP contribution < -0.4 is 11.0 Å². The molecule has 0 aliphatic carbocycles. The fraction of sp³-hybridized carbons (Fsp3) is 0.0800. The minimum Gasteiger partial charge on any atom is -0.319 e. The number of ketones is 2. The highest BCUT2D eigenvalue weighted by atomic mass is 16.1. The third-order valence-electron chi connectivity index (χ3n) is 4.93. The van der Waals surface area contributed by atoms with E-state index < -0.39 is 23.0 Å². The molecule has 0 amide bonds. The minimum absolute atomic E-state index is 0.0821. The van der Waals surface area contributed by atoms with Crippen molar-refractivity contribution in [3.63, 3.8) is 0 Å². The maximum Gasteiger partial charge on any atom is 0.271 e. The second-order valence-corrected chi connectivity index (χ2v) is 7.16. The molecule has 1 heterocycles. The summed E-state index contributed by atoms with van der Waals surface area (Å²) in [5.74, 6) is -2.17. The fourth-order valence-corrected chi connectivity index (χ4v) is 3.37. The molecule has 4 rings (SSSR count). The summed E-state index contributed by atoms with van der Waals surface area (Å²) in [4.78, 5) is 46.3. The van der Waals surface area contributed by atoms with Crippen LogP contribution in [0, 0.1) is 0 Å². The molecule has 0 saturated carbocycles. The molecule has 0 aliphatic heterocycles. The van der Waals surface area contributed by atoms with Crippen LogP contribution in [0.3, 0.4) is 0 Å². The van der Waals surface area contributed by atoms with Gasteiger partial charge in [-0.2, -0.15) is 5.10 Å². The number of anilines is 1. The topological polar surface area (TPSA) is 104 Å². The number of hydrogen-bond acceptors (Lipinski definition) is 6. The molecule has 0 fully saturated rings. The van der Waals surface area contributed by atoms with Crippen molar-refractivity contribution in [2.45, 2.75) is 12.8 Å². The van der Waals surface area contributed by atoms with Crippen molar-refractivity contribution in [2.75, 3.05) is 5.43 Å². The van der Waals surface area contributed by atoms with E-state index in [1.165, 1.54) is 6.92 Å². The molecule has 0 spiro atoms. The van der Waals surface area contributed by atoms with Gasteiger partial charge in [0.15, 0.2) is 11.6 Å². The first-order valence-corrected chi connectivity index (χ1v) is 10.0. The Hall–Kier alpha value is -4.39. The van der Waals surface area contributed by atoms with Crippen LogP contribution in [-0.4, -0.2) is 27.2 Å². The van der Waals surface area contributed by atoms with Crippen molar-refractivity contribution in [1.82, 2.24) is 9.97 Å². The number of nitrogens with one attached hydrogen (secondary N) is 2. The Morgan fingerprint density at radius 3 is 2.22 bits per heavy atom. The van der Waals surface area contributed by atoms with E-state index in [4.69, 9.17) is 0 Å². The van der Waals surface area contributed by atoms with E-state index in [-0.39, 0.29) is 11.4 Å². The normalized spacial score (nSPS) is 12.3. The predicted molar refractivity (Wildman–Crippen MR) is 124 cm³/mol. The molecule has 0 saturated heterocycles. The van der Waals surface area contributed by atoms with E-state index in [1.54, 1.807) is 66.7 Å². The van der Waals surface area contributed by atoms with Gasteiger partial charge in [-0.25, -0.2) is 4.98 Å². The van der Waals surface area contributed by atoms with Gasteiger partial charge >= 0.3 is 0 Å². The zero-order valence-corrected chi connectivity index (χ0v) is 17.3. The monoisotopic (exact) mass is 424 g/mol. The van der Waals surface area contributed by atoms with Gasteiger partial charge in [-0.05, 0) is 24.3 Å². The number of aromatic amines is 1. The van der Waals surface area contributed by atoms with E-state index >= 15 is 0 Å². The molecule has 0 aliphatic rings. The van der Waals surface area contributed by atoms with Crippen LogP contribution in [0.2, 0.25) is 0 Å². The number of nitrogens with zero attached hydrogens (tertiary/aromatic N) is 2. The fourth-order valence-electron chi connectivity index (χ4n) is 3.37. The average Bonchev–Trinajstić information content (AvgIpc) is 2.82. The number of Topliss-reactive ketones (excluding diaryl/α,β-unsaturated/α-hetero) is 2. The Morgan fingerprint density at radius 1 is 0.906 bits per heavy atom. The third kappa shape index (κ3) is 4.37. The molecular weight excluding hydrogens is 404 g/mol. The number of hydrazone groups is 1. The molecule has 4 aromatic rings. The van der Waals surface area contributed by atoms with Gasteiger partial charge in [0.05, 0.1) is 16.7 Å². The molecule has 2 N–H and O–H groups in total. The second kappa shape index (κ2) is 9.18. The van der Waals surface area contributed by atoms with Gasteiger partial charge in [0.2, 0.25) is 0 Å². The molecule has 7 heteroatoms. The Morgan fingerprint density at radius 2 is 1.53 bits per heavy atom. The van der Waals surface area contributed by atoms with Crippen molar-refractivity contribution in [3.8, 4) is 0 Å². The van der Waals surface area contributed by atoms with Crippen LogP contribution in [0.4, 0.5) is 5.69 Å². The summed E-state index contributed by atoms with van der Waals surface area (Å²) in [6, 6.07) is 24.5. The highest BCUT2D eigenvalue weighted by Crippen LogP contribution is 2.22. The number of carbonyl (C=O) groups excluding carboxylic acids is 2. The SMILES string of the molecule is CC(=O)C(=NNc1ccccc1)C(C(=O)c1ccccc1)c1nc2ccccc2[nH]c1=O. The first-order valence-electron chi connectivity index (χ1n) is 10.0. The van der Waals surface area contributed by atoms with Crippen molar-refractivity contribution < 1.29 is 9.59 Å². The number of carbonyl (C=O) groups is 2. The zero-order chi connectivity index (χ0) is 22.5. The molecule has 1 aromatic heterocycles. The Labute approximate surface area is 183 Å². The molecule has 158 valence electrons. The number of benzene rings is 3. The average molecular weight is 424 g/mol. The number of hydrogen-bond donors (Lipinski definition) is 2. The van der Waals surface area contributed by atoms with Gasteiger partial charge < -0.3 is 4.98 Å². The number of para-hydroxylation sites is 3. The van der Waals surface area contributed by atoms with Crippen LogP contribution in [-0.2, 0) is 4.79 Å². The lowest BCUT2D eigenvalue weighted by Crippen LogP contribution is -2.34. The number of fused-ring (bicyclic) bond motifs is 1. The van der Waals surface area contributed by atoms with Crippen LogP contribution >= 0.6 is 0 Å². The van der Waals surface area contributed by atoms with Crippen LogP contribution in [0.25, 0.3) is 11.0 Å². The van der Waals surface area contributed by atoms with Crippen molar-refractivity contribution in [3.05, 3.63) is 107 Å². The Bertz CT molecular complexity index is 1360. The molecular formula is C25H20N4O3. The summed E-state index contributed by atoms with van der Waals surface area (Å²) in [6.45, 7) is 1.31. The summed E-state index contributed by atoms with van der Waals surface area (Å²) in [6.07, 6.45) is 0. The van der Waals surface area contributed by atoms with Gasteiger partial charge in [-0.1, -0.05) is 60.7 Å². The van der Waals surface area contributed by atoms with Crippen molar-refractivity contribution >= 4 is 34.0 Å².